The highest BCUT2D eigenvalue weighted by atomic mass is 35.5. The molecule has 1 fully saturated rings. The van der Waals surface area contributed by atoms with E-state index in [1.807, 2.05) is 24.3 Å². The molecule has 1 saturated heterocycles. The fourth-order valence-electron chi connectivity index (χ4n) is 3.64. The van der Waals surface area contributed by atoms with Crippen LogP contribution in [0, 0.1) is 5.82 Å². The molecule has 1 aliphatic rings. The van der Waals surface area contributed by atoms with Crippen LogP contribution in [0.25, 0.3) is 0 Å². The Balaban J connectivity index is 1.60. The third-order valence-corrected chi connectivity index (χ3v) is 5.56. The van der Waals surface area contributed by atoms with E-state index in [0.717, 1.165) is 38.1 Å². The highest BCUT2D eigenvalue weighted by Gasteiger charge is 2.27. The second kappa shape index (κ2) is 10.5. The van der Waals surface area contributed by atoms with Crippen molar-refractivity contribution in [1.29, 1.82) is 0 Å². The lowest BCUT2D eigenvalue weighted by Crippen LogP contribution is -2.35. The van der Waals surface area contributed by atoms with E-state index in [-0.39, 0.29) is 11.9 Å². The first-order chi connectivity index (χ1) is 14.1. The number of nitrogens with zero attached hydrogens (tertiary/aromatic N) is 2. The molecule has 5 nitrogen and oxygen atoms in total. The first kappa shape index (κ1) is 21.4. The van der Waals surface area contributed by atoms with E-state index in [4.69, 9.17) is 22.1 Å². The predicted octanol–water partition coefficient (Wildman–Crippen LogP) is 3.77. The van der Waals surface area contributed by atoms with Gasteiger partial charge in [-0.1, -0.05) is 29.8 Å². The summed E-state index contributed by atoms with van der Waals surface area (Å²) in [5.74, 6) is 0.897. The van der Waals surface area contributed by atoms with Crippen LogP contribution in [0.4, 0.5) is 4.39 Å². The first-order valence-electron chi connectivity index (χ1n) is 9.93. The van der Waals surface area contributed by atoms with E-state index in [9.17, 15) is 4.39 Å². The van der Waals surface area contributed by atoms with Crippen LogP contribution < -0.4 is 15.8 Å². The van der Waals surface area contributed by atoms with Crippen molar-refractivity contribution in [3.8, 4) is 5.75 Å². The molecular weight excluding hydrogens is 391 g/mol. The van der Waals surface area contributed by atoms with Crippen LogP contribution >= 0.6 is 11.6 Å². The van der Waals surface area contributed by atoms with E-state index >= 15 is 0 Å². The maximum atomic E-state index is 14.5. The molecule has 1 aliphatic heterocycles. The molecule has 3 N–H and O–H groups in total. The zero-order valence-electron chi connectivity index (χ0n) is 16.7. The highest BCUT2D eigenvalue weighted by molar-refractivity contribution is 6.31. The molecule has 29 heavy (non-hydrogen) atoms. The molecule has 7 heteroatoms. The molecule has 0 spiro atoms. The number of methoxy groups -OCH3 is 1. The Morgan fingerprint density at radius 3 is 2.62 bits per heavy atom. The Kier molecular flexibility index (Phi) is 7.72. The summed E-state index contributed by atoms with van der Waals surface area (Å²) in [7, 11) is 1.65. The first-order valence-corrected chi connectivity index (χ1v) is 10.3. The maximum absolute atomic E-state index is 14.5. The minimum atomic E-state index is -0.296. The lowest BCUT2D eigenvalue weighted by atomic mass is 10.0. The van der Waals surface area contributed by atoms with Crippen molar-refractivity contribution in [3.05, 3.63) is 64.4 Å². The number of ether oxygens (including phenoxy) is 1. The molecule has 3 rings (SSSR count). The van der Waals surface area contributed by atoms with Crippen LogP contribution in [0.2, 0.25) is 5.02 Å². The summed E-state index contributed by atoms with van der Waals surface area (Å²) in [4.78, 5) is 6.72. The lowest BCUT2D eigenvalue weighted by Gasteiger charge is -2.27. The summed E-state index contributed by atoms with van der Waals surface area (Å²) in [5.41, 5.74) is 7.74. The minimum absolute atomic E-state index is 0.215. The molecule has 2 aromatic rings. The van der Waals surface area contributed by atoms with E-state index in [1.165, 1.54) is 11.6 Å². The van der Waals surface area contributed by atoms with Crippen molar-refractivity contribution in [1.82, 2.24) is 10.2 Å². The second-order valence-corrected chi connectivity index (χ2v) is 7.55. The summed E-state index contributed by atoms with van der Waals surface area (Å²) >= 11 is 6.32. The fourth-order valence-corrected chi connectivity index (χ4v) is 3.93. The molecule has 0 aromatic heterocycles. The lowest BCUT2D eigenvalue weighted by molar-refractivity contribution is 0.246. The molecule has 0 amide bonds. The minimum Gasteiger partial charge on any atom is -0.497 e. The van der Waals surface area contributed by atoms with Gasteiger partial charge in [0.1, 0.15) is 11.6 Å². The normalized spacial score (nSPS) is 16.0. The predicted molar refractivity (Wildman–Crippen MR) is 116 cm³/mol. The average Bonchev–Trinajstić information content (AvgIpc) is 3.25. The van der Waals surface area contributed by atoms with Crippen molar-refractivity contribution >= 4 is 17.6 Å². The van der Waals surface area contributed by atoms with Crippen LogP contribution in [0.5, 0.6) is 5.75 Å². The van der Waals surface area contributed by atoms with Gasteiger partial charge >= 0.3 is 0 Å². The van der Waals surface area contributed by atoms with Crippen LogP contribution in [0.3, 0.4) is 0 Å². The van der Waals surface area contributed by atoms with Gasteiger partial charge in [0.25, 0.3) is 0 Å². The molecule has 0 saturated carbocycles. The van der Waals surface area contributed by atoms with Crippen molar-refractivity contribution in [2.24, 2.45) is 10.7 Å². The largest absolute Gasteiger partial charge is 0.497 e. The topological polar surface area (TPSA) is 62.9 Å². The van der Waals surface area contributed by atoms with Crippen LogP contribution in [0.15, 0.2) is 47.5 Å². The smallest absolute Gasteiger partial charge is 0.188 e. The zero-order valence-corrected chi connectivity index (χ0v) is 17.5. The third-order valence-electron chi connectivity index (χ3n) is 5.23. The Labute approximate surface area is 176 Å². The quantitative estimate of drug-likeness (QED) is 0.506. The molecule has 1 heterocycles. The Bertz CT molecular complexity index is 802. The van der Waals surface area contributed by atoms with E-state index in [2.05, 4.69) is 15.2 Å². The third kappa shape index (κ3) is 5.84. The van der Waals surface area contributed by atoms with E-state index in [1.54, 1.807) is 19.2 Å². The summed E-state index contributed by atoms with van der Waals surface area (Å²) in [5, 5.41) is 3.57. The van der Waals surface area contributed by atoms with Gasteiger partial charge in [-0.15, -0.1) is 0 Å². The fraction of sp³-hybridized carbons (Fsp3) is 0.409. The summed E-state index contributed by atoms with van der Waals surface area (Å²) in [6.07, 6.45) is 3.01. The molecule has 1 unspecified atom stereocenters. The standard InChI is InChI=1S/C22H28ClFN4O/c1-29-17-9-7-16(8-10-17)11-12-26-22(25)27-15-20(28-13-2-3-14-28)21-18(23)5-4-6-19(21)24/h4-10,20H,2-3,11-15H2,1H3,(H3,25,26,27). The van der Waals surface area contributed by atoms with Gasteiger partial charge in [0.05, 0.1) is 19.7 Å². The van der Waals surface area contributed by atoms with Gasteiger partial charge < -0.3 is 15.8 Å². The number of nitrogens with two attached hydrogens (primary N) is 1. The van der Waals surface area contributed by atoms with Gasteiger partial charge in [-0.2, -0.15) is 0 Å². The number of rotatable bonds is 8. The Hall–Kier alpha value is -2.31. The maximum Gasteiger partial charge on any atom is 0.188 e. The van der Waals surface area contributed by atoms with Crippen molar-refractivity contribution < 1.29 is 9.13 Å². The number of nitrogens with one attached hydrogen (secondary N) is 1. The monoisotopic (exact) mass is 418 g/mol. The number of aliphatic imine (C=N–C) groups is 1. The molecule has 1 atom stereocenters. The van der Waals surface area contributed by atoms with Gasteiger partial charge in [0, 0.05) is 17.1 Å². The van der Waals surface area contributed by atoms with Crippen LogP contribution in [-0.4, -0.2) is 44.1 Å². The number of guanidine groups is 1. The number of hydrogen-bond acceptors (Lipinski definition) is 3. The molecule has 156 valence electrons. The summed E-state index contributed by atoms with van der Waals surface area (Å²) in [6.45, 7) is 2.85. The van der Waals surface area contributed by atoms with Crippen molar-refractivity contribution in [3.63, 3.8) is 0 Å². The molecule has 2 aromatic carbocycles. The zero-order chi connectivity index (χ0) is 20.6. The Morgan fingerprint density at radius 2 is 1.97 bits per heavy atom. The second-order valence-electron chi connectivity index (χ2n) is 7.14. The van der Waals surface area contributed by atoms with E-state index < -0.39 is 0 Å². The average molecular weight is 419 g/mol. The SMILES string of the molecule is COc1ccc(CCNC(N)=NCC(c2c(F)cccc2Cl)N2CCCC2)cc1. The van der Waals surface area contributed by atoms with Gasteiger partial charge in [-0.25, -0.2) is 4.39 Å². The summed E-state index contributed by atoms with van der Waals surface area (Å²) in [6, 6.07) is 12.5. The molecule has 0 radical (unpaired) electrons. The highest BCUT2D eigenvalue weighted by Crippen LogP contribution is 2.32. The molecule has 0 aliphatic carbocycles. The van der Waals surface area contributed by atoms with Crippen LogP contribution in [0.1, 0.15) is 30.0 Å². The number of likely N-dealkylation sites (tertiary alicyclic amines) is 1. The van der Waals surface area contributed by atoms with Crippen LogP contribution in [-0.2, 0) is 6.42 Å². The van der Waals surface area contributed by atoms with E-state index in [0.29, 0.717) is 29.6 Å². The molecule has 0 bridgehead atoms. The van der Waals surface area contributed by atoms with Crippen molar-refractivity contribution in [2.45, 2.75) is 25.3 Å². The van der Waals surface area contributed by atoms with Gasteiger partial charge in [0.2, 0.25) is 0 Å². The van der Waals surface area contributed by atoms with Gasteiger partial charge in [0.15, 0.2) is 5.96 Å². The Morgan fingerprint density at radius 1 is 1.24 bits per heavy atom. The van der Waals surface area contributed by atoms with Crippen molar-refractivity contribution in [2.75, 3.05) is 33.3 Å². The summed E-state index contributed by atoms with van der Waals surface area (Å²) < 4.78 is 19.7. The van der Waals surface area contributed by atoms with Gasteiger partial charge in [-0.3, -0.25) is 9.89 Å². The molecular formula is C22H28ClFN4O. The van der Waals surface area contributed by atoms with Gasteiger partial charge in [-0.05, 0) is 62.2 Å². The number of hydrogen-bond donors (Lipinski definition) is 2. The number of halogens is 2. The number of benzene rings is 2.